The maximum absolute atomic E-state index is 15.1. The number of ether oxygens (including phenoxy) is 2. The molecule has 0 saturated heterocycles. The fourth-order valence-corrected chi connectivity index (χ4v) is 21.3. The predicted molar refractivity (Wildman–Crippen MR) is 490 cm³/mol. The number of pyridine rings is 3. The van der Waals surface area contributed by atoms with Crippen molar-refractivity contribution in [2.75, 3.05) is 54.7 Å². The molecule has 0 spiro atoms. The van der Waals surface area contributed by atoms with E-state index in [1.54, 1.807) is 67.9 Å². The first-order valence-electron chi connectivity index (χ1n) is 43.9. The summed E-state index contributed by atoms with van der Waals surface area (Å²) in [6.45, 7) is 0.976. The third-order valence-corrected chi connectivity index (χ3v) is 27.3. The van der Waals surface area contributed by atoms with E-state index in [4.69, 9.17) is 9.47 Å². The summed E-state index contributed by atoms with van der Waals surface area (Å²) in [5, 5.41) is 16.7. The Kier molecular flexibility index (Phi) is 22.3. The molecule has 678 valence electrons. The van der Waals surface area contributed by atoms with E-state index in [1.165, 1.54) is 107 Å². The predicted octanol–water partition coefficient (Wildman–Crippen LogP) is 17.5. The van der Waals surface area contributed by atoms with Crippen LogP contribution in [0, 0.1) is 58.3 Å². The largest absolute Gasteiger partial charge is 0.502 e. The summed E-state index contributed by atoms with van der Waals surface area (Å²) in [7, 11) is 0. The zero-order valence-electron chi connectivity index (χ0n) is 71.5. The first-order valence-corrected chi connectivity index (χ1v) is 43.9. The molecule has 11 aromatic carbocycles. The van der Waals surface area contributed by atoms with Crippen LogP contribution >= 0.6 is 0 Å². The van der Waals surface area contributed by atoms with E-state index in [1.807, 2.05) is 161 Å². The molecule has 23 rings (SSSR count). The lowest BCUT2D eigenvalue weighted by atomic mass is 9.81. The van der Waals surface area contributed by atoms with Crippen LogP contribution < -0.4 is 40.8 Å². The van der Waals surface area contributed by atoms with Crippen LogP contribution in [0.2, 0.25) is 0 Å². The van der Waals surface area contributed by atoms with E-state index >= 15 is 8.78 Å². The highest BCUT2D eigenvalue weighted by atomic mass is 19.2. The Hall–Kier alpha value is -15.7. The van der Waals surface area contributed by atoms with Gasteiger partial charge in [-0.05, 0) is 223 Å². The normalized spacial score (nSPS) is 18.4. The zero-order valence-corrected chi connectivity index (χ0v) is 71.5. The molecule has 9 aliphatic rings. The molecule has 3 aromatic heterocycles. The fraction of sp³-hybridized carbons (Fsp3) is 0.185. The van der Waals surface area contributed by atoms with E-state index < -0.39 is 91.3 Å². The van der Waals surface area contributed by atoms with E-state index in [0.29, 0.717) is 78.3 Å². The maximum atomic E-state index is 15.1. The second-order valence-electron chi connectivity index (χ2n) is 34.7. The molecular formula is C108H84F9N9O9. The third kappa shape index (κ3) is 14.6. The number of fused-ring (bicyclic) bond motifs is 18. The summed E-state index contributed by atoms with van der Waals surface area (Å²) in [5.41, 5.74) is 10.1. The highest BCUT2D eigenvalue weighted by Gasteiger charge is 2.61. The standard InChI is InChI=1S/2C38H28F3N3O3.C31H24F3N3O3.CH4/c2*39-29-12-10-24(11-13-29)14-16-42-23-44(43-17-15-34(45)36(35(43)37(42)46)47-22-25-6-2-1-3-7-25)38-28(18-26-8-4-5-9-30(26)38)19-27-20-32(40)33(41)21-31(27)38;32-22-7-5-18(6-8-22)9-11-35-17-37(36-12-10-27(38)29(39)28(36)30(35)40)31-21(13-19-3-1-2-4-23(19)31)14-20-15-25(33)26(34)16-24(20)31;/h1-13,15,17,19-21H,14,16,18,22-23H2;1-13,15,17-18,20-21H,14,16,19,22-23H2;1-8,10,12,15-16,21,39H,9,11,13-14,17H2;1H4. The van der Waals surface area contributed by atoms with Crippen molar-refractivity contribution in [2.24, 2.45) is 5.92 Å². The summed E-state index contributed by atoms with van der Waals surface area (Å²) >= 11 is 0. The van der Waals surface area contributed by atoms with Gasteiger partial charge in [0.15, 0.2) is 69.2 Å². The molecule has 27 heteroatoms. The maximum Gasteiger partial charge on any atom is 0.277 e. The Labute approximate surface area is 768 Å². The molecule has 6 aliphatic carbocycles. The van der Waals surface area contributed by atoms with Crippen LogP contribution in [0.15, 0.2) is 305 Å². The van der Waals surface area contributed by atoms with Crippen molar-refractivity contribution in [3.8, 4) is 17.2 Å². The van der Waals surface area contributed by atoms with E-state index in [9.17, 15) is 64.6 Å². The highest BCUT2D eigenvalue weighted by Crippen LogP contribution is 2.60. The first-order chi connectivity index (χ1) is 65.0. The summed E-state index contributed by atoms with van der Waals surface area (Å²) < 4.78 is 147. The van der Waals surface area contributed by atoms with Crippen molar-refractivity contribution < 1.29 is 68.5 Å². The van der Waals surface area contributed by atoms with Gasteiger partial charge >= 0.3 is 0 Å². The minimum atomic E-state index is -1.12. The minimum Gasteiger partial charge on any atom is -0.502 e. The molecule has 4 atom stereocenters. The summed E-state index contributed by atoms with van der Waals surface area (Å²) in [4.78, 5) is 86.7. The van der Waals surface area contributed by atoms with Gasteiger partial charge in [0.1, 0.15) is 67.3 Å². The first kappa shape index (κ1) is 87.3. The van der Waals surface area contributed by atoms with Gasteiger partial charge in [-0.3, -0.25) is 57.8 Å². The van der Waals surface area contributed by atoms with Crippen LogP contribution in [0.1, 0.15) is 133 Å². The molecule has 1 N–H and O–H groups in total. The average Bonchev–Trinajstić information content (AvgIpc) is 1.53. The van der Waals surface area contributed by atoms with Crippen LogP contribution in [0.3, 0.4) is 0 Å². The number of amides is 3. The monoisotopic (exact) mass is 1820 g/mol. The third-order valence-electron chi connectivity index (χ3n) is 27.3. The number of rotatable bonds is 18. The molecule has 14 aromatic rings. The molecule has 4 unspecified atom stereocenters. The van der Waals surface area contributed by atoms with E-state index in [-0.39, 0.29) is 112 Å². The lowest BCUT2D eigenvalue weighted by Crippen LogP contribution is -2.63. The Morgan fingerprint density at radius 2 is 0.719 bits per heavy atom. The fourth-order valence-electron chi connectivity index (χ4n) is 21.3. The van der Waals surface area contributed by atoms with Crippen LogP contribution in [-0.4, -0.2) is 91.2 Å². The molecule has 6 heterocycles. The Bertz CT molecular complexity index is 7250. The zero-order chi connectivity index (χ0) is 92.3. The molecular weight excluding hydrogens is 1740 g/mol. The molecule has 3 amide bonds. The highest BCUT2D eigenvalue weighted by molar-refractivity contribution is 5.99. The van der Waals surface area contributed by atoms with Crippen molar-refractivity contribution in [3.63, 3.8) is 0 Å². The minimum absolute atomic E-state index is 0. The molecule has 0 radical (unpaired) electrons. The van der Waals surface area contributed by atoms with Gasteiger partial charge in [-0.1, -0.05) is 189 Å². The van der Waals surface area contributed by atoms with Gasteiger partial charge in [-0.15, -0.1) is 0 Å². The van der Waals surface area contributed by atoms with Gasteiger partial charge < -0.3 is 29.3 Å². The Morgan fingerprint density at radius 3 is 1.24 bits per heavy atom. The molecule has 0 bridgehead atoms. The van der Waals surface area contributed by atoms with Crippen LogP contribution in [0.4, 0.5) is 39.5 Å². The lowest BCUT2D eigenvalue weighted by molar-refractivity contribution is 0.0645. The smallest absolute Gasteiger partial charge is 0.277 e. The Balaban J connectivity index is 0.000000126. The van der Waals surface area contributed by atoms with Gasteiger partial charge in [-0.2, -0.15) is 0 Å². The molecule has 18 nitrogen and oxygen atoms in total. The number of carbonyl (C=O) groups excluding carboxylic acids is 3. The van der Waals surface area contributed by atoms with Crippen LogP contribution in [0.25, 0.3) is 12.2 Å². The van der Waals surface area contributed by atoms with Crippen LogP contribution in [-0.2, 0) is 74.8 Å². The van der Waals surface area contributed by atoms with Crippen molar-refractivity contribution in [1.82, 2.24) is 28.7 Å². The lowest BCUT2D eigenvalue weighted by Gasteiger charge is -2.50. The summed E-state index contributed by atoms with van der Waals surface area (Å²) in [6, 6.07) is 71.6. The number of nitrogens with zero attached hydrogens (tertiary/aromatic N) is 9. The molecule has 0 saturated carbocycles. The molecule has 135 heavy (non-hydrogen) atoms. The van der Waals surface area contributed by atoms with Gasteiger partial charge in [-0.25, -0.2) is 39.5 Å². The van der Waals surface area contributed by atoms with Crippen LogP contribution in [0.5, 0.6) is 17.2 Å². The van der Waals surface area contributed by atoms with Crippen molar-refractivity contribution in [1.29, 1.82) is 0 Å². The second kappa shape index (κ2) is 34.5. The summed E-state index contributed by atoms with van der Waals surface area (Å²) in [6.07, 6.45) is 11.8. The SMILES string of the molecule is C.O=C1c2c(O)c(=O)ccn2N(C23c4ccccc4CC2Cc2cc(F)c(F)cc23)CN1CCc1ccc(F)cc1.O=C1c2c(OCc3ccccc3)c(=O)ccn2N(C23C(=Cc4cc(F)c(F)cc42)Cc2ccccc23)CN1CCc1ccc(F)cc1.O=C1c2c(OCc3ccccc3)c(=O)ccn2N(C23C(=Cc4ccccc42)Cc2cc(F)c(F)cc23)CN1CCc1ccc(F)cc1. The van der Waals surface area contributed by atoms with Crippen molar-refractivity contribution >= 4 is 29.9 Å². The van der Waals surface area contributed by atoms with E-state index in [2.05, 4.69) is 0 Å². The number of hydrogen-bond acceptors (Lipinski definition) is 12. The molecule has 3 aliphatic heterocycles. The van der Waals surface area contributed by atoms with Gasteiger partial charge in [0.05, 0.1) is 0 Å². The van der Waals surface area contributed by atoms with Crippen molar-refractivity contribution in [3.05, 3.63) is 485 Å². The number of aromatic hydroxyl groups is 1. The number of aromatic nitrogens is 3. The average molecular weight is 1820 g/mol. The topological polar surface area (TPSA) is 175 Å². The number of halogens is 9. The quantitative estimate of drug-likeness (QED) is 0.0806. The Morgan fingerprint density at radius 1 is 0.333 bits per heavy atom. The van der Waals surface area contributed by atoms with Gasteiger partial charge in [0.2, 0.25) is 16.3 Å². The van der Waals surface area contributed by atoms with Crippen molar-refractivity contribution in [2.45, 2.75) is 82.2 Å². The number of carbonyl (C=O) groups is 3. The van der Waals surface area contributed by atoms with E-state index in [0.717, 1.165) is 72.3 Å². The number of hydrogen-bond donors (Lipinski definition) is 1. The molecule has 0 fully saturated rings. The number of benzene rings is 11. The second-order valence-corrected chi connectivity index (χ2v) is 34.7. The van der Waals surface area contributed by atoms with Gasteiger partial charge in [0.25, 0.3) is 17.7 Å². The van der Waals surface area contributed by atoms with Gasteiger partial charge in [0, 0.05) is 62.3 Å². The summed E-state index contributed by atoms with van der Waals surface area (Å²) in [5.74, 6) is -9.15.